The molecule has 0 saturated carbocycles. The number of halogens is 1. The fraction of sp³-hybridized carbons (Fsp3) is 0.308. The molecule has 0 radical (unpaired) electrons. The lowest BCUT2D eigenvalue weighted by Gasteiger charge is -2.09. The molecule has 0 fully saturated rings. The standard InChI is InChI=1S/C13H15FN4O2/c1-9(15)8-20-12-3-13(19)18(17-6-12)7-10-2-11(14)5-16-4-10/h2-6,9H,7-8,15H2,1H3. The van der Waals surface area contributed by atoms with Gasteiger partial charge in [0.1, 0.15) is 18.2 Å². The molecule has 0 aliphatic rings. The molecule has 106 valence electrons. The number of ether oxygens (including phenoxy) is 1. The van der Waals surface area contributed by atoms with Crippen LogP contribution in [-0.2, 0) is 6.54 Å². The molecule has 20 heavy (non-hydrogen) atoms. The first-order chi connectivity index (χ1) is 9.54. The fourth-order valence-electron chi connectivity index (χ4n) is 1.56. The highest BCUT2D eigenvalue weighted by Gasteiger charge is 2.04. The highest BCUT2D eigenvalue weighted by molar-refractivity contribution is 5.15. The van der Waals surface area contributed by atoms with Gasteiger partial charge in [0.25, 0.3) is 5.56 Å². The van der Waals surface area contributed by atoms with Gasteiger partial charge >= 0.3 is 0 Å². The van der Waals surface area contributed by atoms with Crippen LogP contribution in [0.1, 0.15) is 12.5 Å². The molecule has 2 N–H and O–H groups in total. The monoisotopic (exact) mass is 278 g/mol. The van der Waals surface area contributed by atoms with Crippen molar-refractivity contribution in [2.75, 3.05) is 6.61 Å². The summed E-state index contributed by atoms with van der Waals surface area (Å²) in [7, 11) is 0. The van der Waals surface area contributed by atoms with Gasteiger partial charge in [0.05, 0.1) is 18.9 Å². The molecule has 2 aromatic heterocycles. The quantitative estimate of drug-likeness (QED) is 0.863. The van der Waals surface area contributed by atoms with Gasteiger partial charge in [0.15, 0.2) is 0 Å². The molecule has 0 aliphatic heterocycles. The number of aromatic nitrogens is 3. The molecule has 2 aromatic rings. The minimum atomic E-state index is -0.451. The van der Waals surface area contributed by atoms with Crippen LogP contribution in [0.5, 0.6) is 5.75 Å². The van der Waals surface area contributed by atoms with Crippen LogP contribution in [-0.4, -0.2) is 27.4 Å². The molecule has 2 heterocycles. The molecule has 6 nitrogen and oxygen atoms in total. The van der Waals surface area contributed by atoms with E-state index in [4.69, 9.17) is 10.5 Å². The molecule has 0 saturated heterocycles. The molecule has 0 spiro atoms. The second-order valence-corrected chi connectivity index (χ2v) is 4.49. The zero-order chi connectivity index (χ0) is 14.5. The van der Waals surface area contributed by atoms with Crippen molar-refractivity contribution in [3.63, 3.8) is 0 Å². The molecule has 1 unspecified atom stereocenters. The van der Waals surface area contributed by atoms with E-state index in [2.05, 4.69) is 10.1 Å². The third-order valence-electron chi connectivity index (χ3n) is 2.45. The van der Waals surface area contributed by atoms with Gasteiger partial charge in [-0.2, -0.15) is 5.10 Å². The van der Waals surface area contributed by atoms with Crippen LogP contribution < -0.4 is 16.0 Å². The highest BCUT2D eigenvalue weighted by atomic mass is 19.1. The van der Waals surface area contributed by atoms with E-state index in [9.17, 15) is 9.18 Å². The third kappa shape index (κ3) is 3.86. The summed E-state index contributed by atoms with van der Waals surface area (Å²) in [4.78, 5) is 15.6. The number of hydrogen-bond donors (Lipinski definition) is 1. The van der Waals surface area contributed by atoms with Crippen LogP contribution in [0.4, 0.5) is 4.39 Å². The summed E-state index contributed by atoms with van der Waals surface area (Å²) >= 11 is 0. The number of hydrogen-bond acceptors (Lipinski definition) is 5. The van der Waals surface area contributed by atoms with Crippen molar-refractivity contribution in [1.29, 1.82) is 0 Å². The van der Waals surface area contributed by atoms with Crippen molar-refractivity contribution in [3.8, 4) is 5.75 Å². The van der Waals surface area contributed by atoms with E-state index >= 15 is 0 Å². The first-order valence-electron chi connectivity index (χ1n) is 6.09. The SMILES string of the molecule is CC(N)COc1cnn(Cc2cncc(F)c2)c(=O)c1. The van der Waals surface area contributed by atoms with Crippen molar-refractivity contribution in [2.24, 2.45) is 5.73 Å². The van der Waals surface area contributed by atoms with Gasteiger partial charge in [-0.3, -0.25) is 9.78 Å². The Balaban J connectivity index is 2.12. The van der Waals surface area contributed by atoms with Gasteiger partial charge in [-0.05, 0) is 18.6 Å². The first-order valence-corrected chi connectivity index (χ1v) is 6.09. The molecule has 2 rings (SSSR count). The van der Waals surface area contributed by atoms with Gasteiger partial charge in [-0.25, -0.2) is 9.07 Å². The lowest BCUT2D eigenvalue weighted by atomic mass is 10.3. The van der Waals surface area contributed by atoms with E-state index in [-0.39, 0.29) is 18.1 Å². The number of pyridine rings is 1. The Bertz CT molecular complexity index is 642. The van der Waals surface area contributed by atoms with Crippen molar-refractivity contribution in [1.82, 2.24) is 14.8 Å². The fourth-order valence-corrected chi connectivity index (χ4v) is 1.56. The van der Waals surface area contributed by atoms with E-state index in [1.165, 1.54) is 29.2 Å². The maximum Gasteiger partial charge on any atom is 0.270 e. The van der Waals surface area contributed by atoms with Crippen molar-refractivity contribution in [3.05, 3.63) is 52.5 Å². The average Bonchev–Trinajstić information content (AvgIpc) is 2.39. The lowest BCUT2D eigenvalue weighted by molar-refractivity contribution is 0.293. The summed E-state index contributed by atoms with van der Waals surface area (Å²) in [6.45, 7) is 2.25. The van der Waals surface area contributed by atoms with Gasteiger partial charge < -0.3 is 10.5 Å². The van der Waals surface area contributed by atoms with E-state index in [0.717, 1.165) is 6.20 Å². The van der Waals surface area contributed by atoms with E-state index in [0.29, 0.717) is 17.9 Å². The molecular formula is C13H15FN4O2. The first kappa shape index (κ1) is 14.1. The second kappa shape index (κ2) is 6.25. The smallest absolute Gasteiger partial charge is 0.270 e. The third-order valence-corrected chi connectivity index (χ3v) is 2.45. The van der Waals surface area contributed by atoms with Gasteiger partial charge in [0.2, 0.25) is 0 Å². The number of rotatable bonds is 5. The molecule has 0 bridgehead atoms. The molecule has 0 aromatic carbocycles. The Morgan fingerprint density at radius 2 is 2.20 bits per heavy atom. The van der Waals surface area contributed by atoms with Crippen LogP contribution in [0.15, 0.2) is 35.5 Å². The van der Waals surface area contributed by atoms with Crippen LogP contribution >= 0.6 is 0 Å². The largest absolute Gasteiger partial charge is 0.490 e. The normalized spacial score (nSPS) is 12.2. The lowest BCUT2D eigenvalue weighted by Crippen LogP contribution is -2.26. The second-order valence-electron chi connectivity index (χ2n) is 4.49. The Morgan fingerprint density at radius 3 is 2.85 bits per heavy atom. The molecule has 0 amide bonds. The molecule has 7 heteroatoms. The summed E-state index contributed by atoms with van der Waals surface area (Å²) in [5.74, 6) is -0.0895. The average molecular weight is 278 g/mol. The summed E-state index contributed by atoms with van der Waals surface area (Å²) in [5, 5.41) is 3.97. The van der Waals surface area contributed by atoms with Crippen LogP contribution in [0, 0.1) is 5.82 Å². The predicted octanol–water partition coefficient (Wildman–Crippen LogP) is 0.552. The predicted molar refractivity (Wildman–Crippen MR) is 70.9 cm³/mol. The number of nitrogens with zero attached hydrogens (tertiary/aromatic N) is 3. The van der Waals surface area contributed by atoms with Crippen LogP contribution in [0.2, 0.25) is 0 Å². The van der Waals surface area contributed by atoms with E-state index in [1.54, 1.807) is 6.92 Å². The van der Waals surface area contributed by atoms with Crippen LogP contribution in [0.3, 0.4) is 0 Å². The Kier molecular flexibility index (Phi) is 4.41. The van der Waals surface area contributed by atoms with Gasteiger partial charge in [-0.15, -0.1) is 0 Å². The molecule has 0 aliphatic carbocycles. The molecular weight excluding hydrogens is 263 g/mol. The topological polar surface area (TPSA) is 83.0 Å². The van der Waals surface area contributed by atoms with E-state index < -0.39 is 5.82 Å². The van der Waals surface area contributed by atoms with Gasteiger partial charge in [0, 0.05) is 18.3 Å². The Labute approximate surface area is 115 Å². The zero-order valence-electron chi connectivity index (χ0n) is 11.0. The highest BCUT2D eigenvalue weighted by Crippen LogP contribution is 2.05. The van der Waals surface area contributed by atoms with Crippen molar-refractivity contribution >= 4 is 0 Å². The maximum atomic E-state index is 13.0. The molecule has 1 atom stereocenters. The zero-order valence-corrected chi connectivity index (χ0v) is 11.0. The summed E-state index contributed by atoms with van der Waals surface area (Å²) < 4.78 is 19.5. The minimum Gasteiger partial charge on any atom is -0.490 e. The Hall–Kier alpha value is -2.28. The summed E-state index contributed by atoms with van der Waals surface area (Å²) in [6.07, 6.45) is 4.01. The van der Waals surface area contributed by atoms with Crippen molar-refractivity contribution in [2.45, 2.75) is 19.5 Å². The minimum absolute atomic E-state index is 0.129. The maximum absolute atomic E-state index is 13.0. The summed E-state index contributed by atoms with van der Waals surface area (Å²) in [5.41, 5.74) is 5.78. The van der Waals surface area contributed by atoms with Gasteiger partial charge in [-0.1, -0.05) is 0 Å². The summed E-state index contributed by atoms with van der Waals surface area (Å²) in [6, 6.07) is 2.50. The number of nitrogens with two attached hydrogens (primary N) is 1. The Morgan fingerprint density at radius 1 is 1.40 bits per heavy atom. The van der Waals surface area contributed by atoms with Crippen LogP contribution in [0.25, 0.3) is 0 Å². The van der Waals surface area contributed by atoms with Crippen molar-refractivity contribution < 1.29 is 9.13 Å². The van der Waals surface area contributed by atoms with E-state index in [1.807, 2.05) is 0 Å².